The van der Waals surface area contributed by atoms with Crippen LogP contribution in [-0.4, -0.2) is 28.6 Å². The van der Waals surface area contributed by atoms with E-state index >= 15 is 0 Å². The van der Waals surface area contributed by atoms with Crippen LogP contribution in [0.3, 0.4) is 0 Å². The van der Waals surface area contributed by atoms with Gasteiger partial charge in [0.1, 0.15) is 10.7 Å². The zero-order valence-electron chi connectivity index (χ0n) is 9.60. The Labute approximate surface area is 109 Å². The van der Waals surface area contributed by atoms with Crippen LogP contribution >= 0.6 is 11.6 Å². The molecule has 0 aliphatic heterocycles. The number of halogens is 1. The Morgan fingerprint density at radius 1 is 1.39 bits per heavy atom. The number of aromatic amines is 1. The highest BCUT2D eigenvalue weighted by Gasteiger charge is 2.22. The maximum atomic E-state index is 12.1. The fourth-order valence-corrected chi connectivity index (χ4v) is 3.04. The zero-order chi connectivity index (χ0) is 13.3. The van der Waals surface area contributed by atoms with E-state index in [2.05, 4.69) is 24.9 Å². The van der Waals surface area contributed by atoms with Gasteiger partial charge < -0.3 is 0 Å². The van der Waals surface area contributed by atoms with Gasteiger partial charge in [0.25, 0.3) is 10.0 Å². The predicted octanol–water partition coefficient (Wildman–Crippen LogP) is 1.27. The standard InChI is InChI=1S/C9H10ClN5O2S/c1-5-8(6(2)14-13-5)18(16,17)15-7-3-4-11-9(10)12-7/h3-4H,1-2H3,(H,13,14)(H,11,12,15). The minimum Gasteiger partial charge on any atom is -0.281 e. The van der Waals surface area contributed by atoms with Crippen LogP contribution in [0.5, 0.6) is 0 Å². The molecule has 2 N–H and O–H groups in total. The quantitative estimate of drug-likeness (QED) is 0.828. The second-order valence-corrected chi connectivity index (χ2v) is 5.54. The van der Waals surface area contributed by atoms with E-state index in [0.29, 0.717) is 11.4 Å². The Kier molecular flexibility index (Phi) is 3.22. The normalized spacial score (nSPS) is 11.5. The summed E-state index contributed by atoms with van der Waals surface area (Å²) in [5.74, 6) is 0.106. The molecular formula is C9H10ClN5O2S. The molecule has 0 fully saturated rings. The molecule has 9 heteroatoms. The van der Waals surface area contributed by atoms with Gasteiger partial charge in [0, 0.05) is 6.20 Å². The smallest absolute Gasteiger partial charge is 0.266 e. The molecule has 0 aliphatic carbocycles. The number of aromatic nitrogens is 4. The van der Waals surface area contributed by atoms with Crippen LogP contribution in [-0.2, 0) is 10.0 Å². The van der Waals surface area contributed by atoms with Gasteiger partial charge in [-0.05, 0) is 31.5 Å². The van der Waals surface area contributed by atoms with Crippen LogP contribution < -0.4 is 4.72 Å². The van der Waals surface area contributed by atoms with Crippen molar-refractivity contribution in [1.82, 2.24) is 20.2 Å². The van der Waals surface area contributed by atoms with Crippen LogP contribution in [0.25, 0.3) is 0 Å². The highest BCUT2D eigenvalue weighted by molar-refractivity contribution is 7.92. The molecule has 2 rings (SSSR count). The summed E-state index contributed by atoms with van der Waals surface area (Å²) in [5, 5.41) is 6.42. The highest BCUT2D eigenvalue weighted by atomic mass is 35.5. The van der Waals surface area contributed by atoms with Gasteiger partial charge in [0.05, 0.1) is 11.4 Å². The molecule has 7 nitrogen and oxygen atoms in total. The molecule has 0 amide bonds. The van der Waals surface area contributed by atoms with Crippen molar-refractivity contribution in [1.29, 1.82) is 0 Å². The molecule has 2 aromatic rings. The SMILES string of the molecule is Cc1n[nH]c(C)c1S(=O)(=O)Nc1ccnc(Cl)n1. The average Bonchev–Trinajstić information content (AvgIpc) is 2.58. The van der Waals surface area contributed by atoms with E-state index in [1.54, 1.807) is 13.8 Å². The summed E-state index contributed by atoms with van der Waals surface area (Å²) >= 11 is 5.59. The zero-order valence-corrected chi connectivity index (χ0v) is 11.2. The van der Waals surface area contributed by atoms with E-state index in [1.165, 1.54) is 12.3 Å². The van der Waals surface area contributed by atoms with Crippen molar-refractivity contribution in [2.45, 2.75) is 18.7 Å². The lowest BCUT2D eigenvalue weighted by molar-refractivity contribution is 0.600. The van der Waals surface area contributed by atoms with Gasteiger partial charge in [-0.3, -0.25) is 9.82 Å². The molecule has 0 saturated carbocycles. The molecule has 0 bridgehead atoms. The topological polar surface area (TPSA) is 101 Å². The lowest BCUT2D eigenvalue weighted by atomic mass is 10.4. The largest absolute Gasteiger partial charge is 0.281 e. The summed E-state index contributed by atoms with van der Waals surface area (Å²) < 4.78 is 26.6. The van der Waals surface area contributed by atoms with Crippen molar-refractivity contribution in [3.05, 3.63) is 28.9 Å². The first kappa shape index (κ1) is 12.8. The van der Waals surface area contributed by atoms with Crippen LogP contribution in [0.1, 0.15) is 11.4 Å². The lowest BCUT2D eigenvalue weighted by Gasteiger charge is -2.06. The Bertz CT molecular complexity index is 663. The molecule has 0 radical (unpaired) electrons. The Morgan fingerprint density at radius 2 is 2.11 bits per heavy atom. The van der Waals surface area contributed by atoms with E-state index in [9.17, 15) is 8.42 Å². The Morgan fingerprint density at radius 3 is 2.67 bits per heavy atom. The third-order valence-corrected chi connectivity index (χ3v) is 3.99. The summed E-state index contributed by atoms with van der Waals surface area (Å²) in [4.78, 5) is 7.54. The van der Waals surface area contributed by atoms with Gasteiger partial charge in [-0.2, -0.15) is 10.1 Å². The van der Waals surface area contributed by atoms with Crippen molar-refractivity contribution in [3.8, 4) is 0 Å². The predicted molar refractivity (Wildman–Crippen MR) is 65.9 cm³/mol. The molecule has 0 unspecified atom stereocenters. The van der Waals surface area contributed by atoms with Crippen molar-refractivity contribution < 1.29 is 8.42 Å². The molecule has 0 spiro atoms. The number of anilines is 1. The fourth-order valence-electron chi connectivity index (χ4n) is 1.52. The molecule has 2 heterocycles. The molecule has 0 aliphatic rings. The number of nitrogens with one attached hydrogen (secondary N) is 2. The van der Waals surface area contributed by atoms with Gasteiger partial charge in [0.2, 0.25) is 5.28 Å². The summed E-state index contributed by atoms with van der Waals surface area (Å²) in [6.45, 7) is 3.23. The van der Waals surface area contributed by atoms with Crippen molar-refractivity contribution in [3.63, 3.8) is 0 Å². The first-order valence-corrected chi connectivity index (χ1v) is 6.79. The van der Waals surface area contributed by atoms with E-state index < -0.39 is 10.0 Å². The van der Waals surface area contributed by atoms with Crippen LogP contribution in [0.4, 0.5) is 5.82 Å². The number of hydrogen-bond acceptors (Lipinski definition) is 5. The average molecular weight is 288 g/mol. The number of H-pyrrole nitrogens is 1. The van der Waals surface area contributed by atoms with Gasteiger partial charge >= 0.3 is 0 Å². The second kappa shape index (κ2) is 4.54. The number of hydrogen-bond donors (Lipinski definition) is 2. The van der Waals surface area contributed by atoms with Crippen molar-refractivity contribution in [2.24, 2.45) is 0 Å². The molecule has 96 valence electrons. The van der Waals surface area contributed by atoms with Crippen LogP contribution in [0.2, 0.25) is 5.28 Å². The molecule has 18 heavy (non-hydrogen) atoms. The van der Waals surface area contributed by atoms with Crippen LogP contribution in [0.15, 0.2) is 17.2 Å². The second-order valence-electron chi connectivity index (χ2n) is 3.58. The monoisotopic (exact) mass is 287 g/mol. The van der Waals surface area contributed by atoms with E-state index in [0.717, 1.165) is 0 Å². The van der Waals surface area contributed by atoms with Gasteiger partial charge in [-0.1, -0.05) is 0 Å². The van der Waals surface area contributed by atoms with Crippen LogP contribution in [0, 0.1) is 13.8 Å². The minimum atomic E-state index is -3.74. The fraction of sp³-hybridized carbons (Fsp3) is 0.222. The minimum absolute atomic E-state index is 0.0316. The number of rotatable bonds is 3. The molecule has 2 aromatic heterocycles. The molecule has 0 atom stereocenters. The Hall–Kier alpha value is -1.67. The van der Waals surface area contributed by atoms with E-state index in [4.69, 9.17) is 11.6 Å². The molecular weight excluding hydrogens is 278 g/mol. The first-order valence-electron chi connectivity index (χ1n) is 4.93. The van der Waals surface area contributed by atoms with Gasteiger partial charge in [-0.25, -0.2) is 13.4 Å². The molecule has 0 aromatic carbocycles. The summed E-state index contributed by atoms with van der Waals surface area (Å²) in [6, 6.07) is 1.41. The summed E-state index contributed by atoms with van der Waals surface area (Å²) in [6.07, 6.45) is 1.36. The van der Waals surface area contributed by atoms with Crippen molar-refractivity contribution >= 4 is 27.4 Å². The van der Waals surface area contributed by atoms with E-state index in [1.807, 2.05) is 0 Å². The maximum Gasteiger partial charge on any atom is 0.266 e. The summed E-state index contributed by atoms with van der Waals surface area (Å²) in [5.41, 5.74) is 0.848. The number of sulfonamides is 1. The summed E-state index contributed by atoms with van der Waals surface area (Å²) in [7, 11) is -3.74. The van der Waals surface area contributed by atoms with Gasteiger partial charge in [-0.15, -0.1) is 0 Å². The lowest BCUT2D eigenvalue weighted by Crippen LogP contribution is -2.15. The van der Waals surface area contributed by atoms with Gasteiger partial charge in [0.15, 0.2) is 0 Å². The maximum absolute atomic E-state index is 12.1. The van der Waals surface area contributed by atoms with E-state index in [-0.39, 0.29) is 16.0 Å². The third-order valence-electron chi connectivity index (χ3n) is 2.19. The number of aryl methyl sites for hydroxylation is 2. The molecule has 0 saturated heterocycles. The van der Waals surface area contributed by atoms with Crippen molar-refractivity contribution in [2.75, 3.05) is 4.72 Å². The number of nitrogens with zero attached hydrogens (tertiary/aromatic N) is 3. The first-order chi connectivity index (χ1) is 8.40. The third kappa shape index (κ3) is 2.44. The Balaban J connectivity index is 2.39. The highest BCUT2D eigenvalue weighted by Crippen LogP contribution is 2.19.